The summed E-state index contributed by atoms with van der Waals surface area (Å²) < 4.78 is 4.98. The Morgan fingerprint density at radius 1 is 1.12 bits per heavy atom. The predicted octanol–water partition coefficient (Wildman–Crippen LogP) is -1.11. The van der Waals surface area contributed by atoms with Crippen LogP contribution in [0, 0.1) is 0 Å². The van der Waals surface area contributed by atoms with E-state index in [1.165, 1.54) is 0 Å². The molecule has 0 aliphatic carbocycles. The number of amides is 2. The number of carbonyl (C=O) groups is 4. The van der Waals surface area contributed by atoms with Crippen molar-refractivity contribution >= 4 is 23.8 Å². The van der Waals surface area contributed by atoms with Crippen LogP contribution >= 0.6 is 0 Å². The molecule has 0 aromatic heterocycles. The Labute approximate surface area is 137 Å². The van der Waals surface area contributed by atoms with E-state index >= 15 is 0 Å². The highest BCUT2D eigenvalue weighted by Crippen LogP contribution is 2.03. The smallest absolute Gasteiger partial charge is 0.326 e. The highest BCUT2D eigenvalue weighted by Gasteiger charge is 2.26. The van der Waals surface area contributed by atoms with Crippen LogP contribution in [0.4, 0.5) is 0 Å². The minimum atomic E-state index is -1.50. The van der Waals surface area contributed by atoms with E-state index in [0.717, 1.165) is 5.56 Å². The molecule has 130 valence electrons. The molecule has 24 heavy (non-hydrogen) atoms. The van der Waals surface area contributed by atoms with Crippen molar-refractivity contribution in [2.75, 3.05) is 0 Å². The molecular weight excluding hydrogens is 318 g/mol. The summed E-state index contributed by atoms with van der Waals surface area (Å²) in [6.45, 7) is 0.0352. The van der Waals surface area contributed by atoms with Crippen molar-refractivity contribution in [1.82, 2.24) is 5.32 Å². The van der Waals surface area contributed by atoms with E-state index in [4.69, 9.17) is 21.3 Å². The summed E-state index contributed by atoms with van der Waals surface area (Å²) in [6.07, 6.45) is -1.01. The second kappa shape index (κ2) is 9.26. The van der Waals surface area contributed by atoms with E-state index in [1.807, 2.05) is 6.07 Å². The first kappa shape index (κ1) is 19.1. The Morgan fingerprint density at radius 2 is 1.75 bits per heavy atom. The molecule has 1 aromatic rings. The van der Waals surface area contributed by atoms with Gasteiger partial charge in [0.05, 0.1) is 18.9 Å². The fourth-order valence-electron chi connectivity index (χ4n) is 1.75. The van der Waals surface area contributed by atoms with Gasteiger partial charge in [0, 0.05) is 0 Å². The third-order valence-electron chi connectivity index (χ3n) is 2.99. The third-order valence-corrected chi connectivity index (χ3v) is 2.99. The number of hydrogen-bond donors (Lipinski definition) is 4. The molecular formula is C15H19N3O6. The van der Waals surface area contributed by atoms with Crippen LogP contribution in [0.25, 0.3) is 0 Å². The normalized spacial score (nSPS) is 12.7. The lowest BCUT2D eigenvalue weighted by atomic mass is 10.1. The van der Waals surface area contributed by atoms with Gasteiger partial charge < -0.3 is 26.6 Å². The average Bonchev–Trinajstić information content (AvgIpc) is 2.52. The summed E-state index contributed by atoms with van der Waals surface area (Å²) >= 11 is 0. The van der Waals surface area contributed by atoms with E-state index in [9.17, 15) is 19.2 Å². The van der Waals surface area contributed by atoms with Crippen LogP contribution < -0.4 is 16.8 Å². The molecule has 0 heterocycles. The van der Waals surface area contributed by atoms with Gasteiger partial charge in [-0.25, -0.2) is 4.79 Å². The van der Waals surface area contributed by atoms with Crippen LogP contribution in [0.1, 0.15) is 18.4 Å². The van der Waals surface area contributed by atoms with Crippen LogP contribution in [0.5, 0.6) is 0 Å². The maximum Gasteiger partial charge on any atom is 0.326 e. The first-order chi connectivity index (χ1) is 11.3. The summed E-state index contributed by atoms with van der Waals surface area (Å²) in [6, 6.07) is 6.11. The monoisotopic (exact) mass is 337 g/mol. The molecule has 1 rings (SSSR count). The first-order valence-corrected chi connectivity index (χ1v) is 7.06. The van der Waals surface area contributed by atoms with Gasteiger partial charge in [0.1, 0.15) is 12.6 Å². The van der Waals surface area contributed by atoms with Gasteiger partial charge in [-0.05, 0) is 5.56 Å². The minimum absolute atomic E-state index is 0.0352. The van der Waals surface area contributed by atoms with Gasteiger partial charge in [-0.1, -0.05) is 30.3 Å². The highest BCUT2D eigenvalue weighted by molar-refractivity contribution is 5.91. The van der Waals surface area contributed by atoms with Gasteiger partial charge in [0.15, 0.2) is 0 Å². The van der Waals surface area contributed by atoms with Gasteiger partial charge in [0.25, 0.3) is 0 Å². The lowest BCUT2D eigenvalue weighted by Gasteiger charge is -2.16. The number of primary amides is 1. The van der Waals surface area contributed by atoms with Crippen molar-refractivity contribution in [3.8, 4) is 0 Å². The molecule has 0 aliphatic rings. The molecule has 0 saturated heterocycles. The zero-order chi connectivity index (χ0) is 18.1. The Balaban J connectivity index is 2.45. The third kappa shape index (κ3) is 6.88. The van der Waals surface area contributed by atoms with Crippen molar-refractivity contribution in [3.63, 3.8) is 0 Å². The molecule has 0 aliphatic heterocycles. The summed E-state index contributed by atoms with van der Waals surface area (Å²) in [4.78, 5) is 45.1. The zero-order valence-electron chi connectivity index (χ0n) is 12.8. The molecule has 6 N–H and O–H groups in total. The SMILES string of the molecule is NC(=O)C[C@H](NC(=O)[C@@H](N)CC(=O)OCc1ccccc1)C(=O)O. The van der Waals surface area contributed by atoms with Crippen molar-refractivity contribution < 1.29 is 29.0 Å². The number of nitrogens with one attached hydrogen (secondary N) is 1. The van der Waals surface area contributed by atoms with Gasteiger partial charge in [-0.3, -0.25) is 14.4 Å². The van der Waals surface area contributed by atoms with E-state index in [0.29, 0.717) is 0 Å². The highest BCUT2D eigenvalue weighted by atomic mass is 16.5. The molecule has 2 amide bonds. The quantitative estimate of drug-likeness (QED) is 0.415. The largest absolute Gasteiger partial charge is 0.480 e. The summed E-state index contributed by atoms with van der Waals surface area (Å²) in [7, 11) is 0. The molecule has 0 fully saturated rings. The number of esters is 1. The summed E-state index contributed by atoms with van der Waals surface area (Å²) in [5.41, 5.74) is 11.2. The molecule has 0 spiro atoms. The maximum atomic E-state index is 11.8. The number of aliphatic carboxylic acids is 1. The number of nitrogens with two attached hydrogens (primary N) is 2. The number of carboxylic acids is 1. The standard InChI is InChI=1S/C15H19N3O6/c16-10(14(21)18-11(15(22)23)7-12(17)19)6-13(20)24-8-9-4-2-1-3-5-9/h1-5,10-11H,6-8,16H2,(H2,17,19)(H,18,21)(H,22,23)/t10-,11-/m0/s1. The number of benzene rings is 1. The van der Waals surface area contributed by atoms with Crippen LogP contribution in [-0.2, 0) is 30.5 Å². The van der Waals surface area contributed by atoms with Crippen molar-refractivity contribution in [2.45, 2.75) is 31.5 Å². The zero-order valence-corrected chi connectivity index (χ0v) is 12.8. The van der Waals surface area contributed by atoms with Crippen LogP contribution in [0.2, 0.25) is 0 Å². The fourth-order valence-corrected chi connectivity index (χ4v) is 1.75. The maximum absolute atomic E-state index is 11.8. The van der Waals surface area contributed by atoms with Crippen molar-refractivity contribution in [2.24, 2.45) is 11.5 Å². The Kier molecular flexibility index (Phi) is 7.37. The fraction of sp³-hybridized carbons (Fsp3) is 0.333. The molecule has 1 aromatic carbocycles. The van der Waals surface area contributed by atoms with Crippen molar-refractivity contribution in [1.29, 1.82) is 0 Å². The molecule has 0 unspecified atom stereocenters. The van der Waals surface area contributed by atoms with Crippen LogP contribution in [0.15, 0.2) is 30.3 Å². The Morgan fingerprint density at radius 3 is 2.29 bits per heavy atom. The number of hydrogen-bond acceptors (Lipinski definition) is 6. The molecule has 0 bridgehead atoms. The second-order valence-corrected chi connectivity index (χ2v) is 5.03. The lowest BCUT2D eigenvalue weighted by Crippen LogP contribution is -2.50. The van der Waals surface area contributed by atoms with Crippen LogP contribution in [0.3, 0.4) is 0 Å². The van der Waals surface area contributed by atoms with E-state index in [2.05, 4.69) is 5.32 Å². The summed E-state index contributed by atoms with van der Waals surface area (Å²) in [5.74, 6) is -3.91. The van der Waals surface area contributed by atoms with E-state index < -0.39 is 48.7 Å². The van der Waals surface area contributed by atoms with Gasteiger partial charge in [0.2, 0.25) is 11.8 Å². The minimum Gasteiger partial charge on any atom is -0.480 e. The Bertz CT molecular complexity index is 604. The number of rotatable bonds is 9. The average molecular weight is 337 g/mol. The number of carboxylic acid groups (broad SMARTS) is 1. The second-order valence-electron chi connectivity index (χ2n) is 5.03. The van der Waals surface area contributed by atoms with Gasteiger partial charge in [-0.15, -0.1) is 0 Å². The molecule has 9 nitrogen and oxygen atoms in total. The summed E-state index contributed by atoms with van der Waals surface area (Å²) in [5, 5.41) is 10.9. The van der Waals surface area contributed by atoms with E-state index in [-0.39, 0.29) is 6.61 Å². The van der Waals surface area contributed by atoms with Crippen molar-refractivity contribution in [3.05, 3.63) is 35.9 Å². The Hall–Kier alpha value is -2.94. The molecule has 0 radical (unpaired) electrons. The molecule has 9 heteroatoms. The molecule has 0 saturated carbocycles. The topological polar surface area (TPSA) is 162 Å². The van der Waals surface area contributed by atoms with E-state index in [1.54, 1.807) is 24.3 Å². The first-order valence-electron chi connectivity index (χ1n) is 7.06. The predicted molar refractivity (Wildman–Crippen MR) is 82.2 cm³/mol. The lowest BCUT2D eigenvalue weighted by molar-refractivity contribution is -0.147. The molecule has 2 atom stereocenters. The van der Waals surface area contributed by atoms with Crippen LogP contribution in [-0.4, -0.2) is 40.9 Å². The van der Waals surface area contributed by atoms with Gasteiger partial charge in [-0.2, -0.15) is 0 Å². The van der Waals surface area contributed by atoms with Gasteiger partial charge >= 0.3 is 11.9 Å². The number of carbonyl (C=O) groups excluding carboxylic acids is 3. The number of ether oxygens (including phenoxy) is 1.